The molecular formula is C28H28O5. The van der Waals surface area contributed by atoms with Gasteiger partial charge in [0.25, 0.3) is 0 Å². The summed E-state index contributed by atoms with van der Waals surface area (Å²) in [5.74, 6) is 0.903. The van der Waals surface area contributed by atoms with Gasteiger partial charge in [0, 0.05) is 11.6 Å². The Morgan fingerprint density at radius 2 is 1.45 bits per heavy atom. The first-order valence-corrected chi connectivity index (χ1v) is 11.3. The van der Waals surface area contributed by atoms with Crippen molar-refractivity contribution in [3.63, 3.8) is 0 Å². The second kappa shape index (κ2) is 9.82. The van der Waals surface area contributed by atoms with Crippen molar-refractivity contribution in [2.24, 2.45) is 0 Å². The lowest BCUT2D eigenvalue weighted by Gasteiger charge is -2.22. The first-order valence-electron chi connectivity index (χ1n) is 11.3. The maximum atomic E-state index is 12.1. The van der Waals surface area contributed by atoms with Crippen molar-refractivity contribution in [2.75, 3.05) is 19.8 Å². The zero-order valence-electron chi connectivity index (χ0n) is 19.3. The van der Waals surface area contributed by atoms with Crippen LogP contribution >= 0.6 is 0 Å². The van der Waals surface area contributed by atoms with Crippen molar-refractivity contribution in [2.45, 2.75) is 27.2 Å². The summed E-state index contributed by atoms with van der Waals surface area (Å²) in [6.07, 6.45) is 1.94. The quantitative estimate of drug-likeness (QED) is 0.174. The maximum Gasteiger partial charge on any atom is 0.335 e. The van der Waals surface area contributed by atoms with Gasteiger partial charge in [-0.3, -0.25) is 0 Å². The van der Waals surface area contributed by atoms with E-state index in [2.05, 4.69) is 49.0 Å². The minimum atomic E-state index is -0.594. The molecule has 0 unspecified atom stereocenters. The van der Waals surface area contributed by atoms with Crippen molar-refractivity contribution >= 4 is 5.97 Å². The Morgan fingerprint density at radius 1 is 0.818 bits per heavy atom. The van der Waals surface area contributed by atoms with E-state index in [0.29, 0.717) is 37.1 Å². The molecule has 4 rings (SSSR count). The Labute approximate surface area is 194 Å². The smallest absolute Gasteiger partial charge is 0.335 e. The van der Waals surface area contributed by atoms with Gasteiger partial charge in [0.15, 0.2) is 11.5 Å². The molecule has 5 nitrogen and oxygen atoms in total. The van der Waals surface area contributed by atoms with Gasteiger partial charge in [-0.15, -0.1) is 0 Å². The molecule has 0 aliphatic heterocycles. The zero-order valence-corrected chi connectivity index (χ0v) is 19.3. The van der Waals surface area contributed by atoms with E-state index in [1.165, 1.54) is 22.3 Å². The van der Waals surface area contributed by atoms with Crippen LogP contribution in [-0.4, -0.2) is 25.8 Å². The molecular weight excluding hydrogens is 416 g/mol. The highest BCUT2D eigenvalue weighted by molar-refractivity contribution is 5.90. The molecule has 0 saturated carbocycles. The number of carbonyl (C=O) groups is 1. The van der Waals surface area contributed by atoms with Crippen LogP contribution in [0.3, 0.4) is 0 Å². The normalized spacial score (nSPS) is 11.4. The molecule has 0 atom stereocenters. The Hall–Kier alpha value is -3.73. The minimum Gasteiger partial charge on any atom is -0.490 e. The topological polar surface area (TPSA) is 54.0 Å². The molecule has 0 amide bonds. The molecule has 0 aromatic heterocycles. The fourth-order valence-electron chi connectivity index (χ4n) is 4.27. The number of rotatable bonds is 9. The molecule has 0 saturated heterocycles. The third-order valence-corrected chi connectivity index (χ3v) is 5.54. The molecule has 1 aliphatic rings. The third-order valence-electron chi connectivity index (χ3n) is 5.54. The average molecular weight is 445 g/mol. The van der Waals surface area contributed by atoms with Crippen molar-refractivity contribution in [1.29, 1.82) is 0 Å². The summed E-state index contributed by atoms with van der Waals surface area (Å²) in [5, 5.41) is 0. The summed E-state index contributed by atoms with van der Waals surface area (Å²) in [6, 6.07) is 16.6. The second-order valence-electron chi connectivity index (χ2n) is 7.50. The van der Waals surface area contributed by atoms with E-state index in [-0.39, 0.29) is 5.75 Å². The maximum absolute atomic E-state index is 12.1. The predicted molar refractivity (Wildman–Crippen MR) is 129 cm³/mol. The molecule has 1 aliphatic carbocycles. The Bertz CT molecular complexity index is 1200. The van der Waals surface area contributed by atoms with Crippen molar-refractivity contribution in [1.82, 2.24) is 0 Å². The largest absolute Gasteiger partial charge is 0.490 e. The van der Waals surface area contributed by atoms with Gasteiger partial charge in [-0.25, -0.2) is 4.79 Å². The number of esters is 1. The lowest BCUT2D eigenvalue weighted by atomic mass is 9.94. The summed E-state index contributed by atoms with van der Waals surface area (Å²) < 4.78 is 23.5. The Kier molecular flexibility index (Phi) is 6.68. The van der Waals surface area contributed by atoms with Crippen LogP contribution in [0.2, 0.25) is 0 Å². The molecule has 5 heteroatoms. The fourth-order valence-corrected chi connectivity index (χ4v) is 4.27. The van der Waals surface area contributed by atoms with E-state index in [1.54, 1.807) is 0 Å². The summed E-state index contributed by atoms with van der Waals surface area (Å²) in [4.78, 5) is 12.1. The van der Waals surface area contributed by atoms with Gasteiger partial charge in [0.05, 0.1) is 19.8 Å². The van der Waals surface area contributed by atoms with Gasteiger partial charge in [0.2, 0.25) is 11.5 Å². The minimum absolute atomic E-state index is 0.201. The van der Waals surface area contributed by atoms with Gasteiger partial charge in [0.1, 0.15) is 0 Å². The number of benzene rings is 3. The van der Waals surface area contributed by atoms with Gasteiger partial charge in [-0.2, -0.15) is 0 Å². The Balaban J connectivity index is 1.98. The number of carbonyl (C=O) groups excluding carboxylic acids is 1. The van der Waals surface area contributed by atoms with Gasteiger partial charge >= 0.3 is 5.97 Å². The van der Waals surface area contributed by atoms with Gasteiger partial charge < -0.3 is 18.9 Å². The Morgan fingerprint density at radius 3 is 2.15 bits per heavy atom. The van der Waals surface area contributed by atoms with Crippen LogP contribution in [0.1, 0.15) is 31.9 Å². The molecule has 170 valence electrons. The van der Waals surface area contributed by atoms with E-state index < -0.39 is 5.97 Å². The van der Waals surface area contributed by atoms with E-state index in [1.807, 2.05) is 26.8 Å². The lowest BCUT2D eigenvalue weighted by Crippen LogP contribution is -2.10. The van der Waals surface area contributed by atoms with Crippen molar-refractivity contribution in [3.05, 3.63) is 72.3 Å². The predicted octanol–water partition coefficient (Wildman–Crippen LogP) is 6.21. The van der Waals surface area contributed by atoms with Crippen LogP contribution in [0.15, 0.2) is 61.2 Å². The molecule has 33 heavy (non-hydrogen) atoms. The number of hydrogen-bond acceptors (Lipinski definition) is 5. The molecule has 0 spiro atoms. The highest BCUT2D eigenvalue weighted by Gasteiger charge is 2.28. The molecule has 0 fully saturated rings. The van der Waals surface area contributed by atoms with Crippen LogP contribution in [0.5, 0.6) is 23.0 Å². The van der Waals surface area contributed by atoms with Crippen molar-refractivity contribution < 1.29 is 23.7 Å². The molecule has 0 bridgehead atoms. The molecule has 0 radical (unpaired) electrons. The first-order chi connectivity index (χ1) is 16.1. The van der Waals surface area contributed by atoms with Crippen LogP contribution in [-0.2, 0) is 11.2 Å². The van der Waals surface area contributed by atoms with Gasteiger partial charge in [-0.05, 0) is 61.1 Å². The number of fused-ring (bicyclic) bond motifs is 3. The van der Waals surface area contributed by atoms with Gasteiger partial charge in [-0.1, -0.05) is 49.0 Å². The molecule has 0 N–H and O–H groups in total. The average Bonchev–Trinajstić information content (AvgIpc) is 3.21. The fraction of sp³-hybridized carbons (Fsp3) is 0.250. The van der Waals surface area contributed by atoms with Crippen LogP contribution in [0, 0.1) is 0 Å². The molecule has 3 aromatic rings. The highest BCUT2D eigenvalue weighted by atomic mass is 16.6. The van der Waals surface area contributed by atoms with E-state index >= 15 is 0 Å². The van der Waals surface area contributed by atoms with Crippen LogP contribution in [0.4, 0.5) is 0 Å². The molecule has 0 heterocycles. The lowest BCUT2D eigenvalue weighted by molar-refractivity contribution is -0.129. The standard InChI is InChI=1S/C28H28O5/c1-5-25(29)33-27-24(30-6-2)17-23(26(31-7-3)28(27)32-8-4)21-15-11-14-20-19-13-10-9-12-18(19)16-22(20)21/h5,9-15,17H,1,6-8,16H2,2-4H3. The summed E-state index contributed by atoms with van der Waals surface area (Å²) in [5.41, 5.74) is 6.86. The highest BCUT2D eigenvalue weighted by Crippen LogP contribution is 2.53. The summed E-state index contributed by atoms with van der Waals surface area (Å²) in [7, 11) is 0. The first kappa shape index (κ1) is 22.5. The summed E-state index contributed by atoms with van der Waals surface area (Å²) in [6.45, 7) is 10.4. The van der Waals surface area contributed by atoms with Crippen LogP contribution < -0.4 is 18.9 Å². The SMILES string of the molecule is C=CC(=O)Oc1c(OCC)cc(-c2cccc3c2Cc2ccccc2-3)c(OCC)c1OCC. The van der Waals surface area contributed by atoms with E-state index in [0.717, 1.165) is 23.6 Å². The second-order valence-corrected chi connectivity index (χ2v) is 7.50. The van der Waals surface area contributed by atoms with E-state index in [4.69, 9.17) is 18.9 Å². The number of ether oxygens (including phenoxy) is 4. The zero-order chi connectivity index (χ0) is 23.4. The number of hydrogen-bond donors (Lipinski definition) is 0. The van der Waals surface area contributed by atoms with Crippen LogP contribution in [0.25, 0.3) is 22.3 Å². The van der Waals surface area contributed by atoms with E-state index in [9.17, 15) is 4.79 Å². The third kappa shape index (κ3) is 4.19. The molecule has 3 aromatic carbocycles. The monoisotopic (exact) mass is 444 g/mol. The summed E-state index contributed by atoms with van der Waals surface area (Å²) >= 11 is 0. The van der Waals surface area contributed by atoms with Crippen molar-refractivity contribution in [3.8, 4) is 45.3 Å².